The highest BCUT2D eigenvalue weighted by molar-refractivity contribution is 5.73. The highest BCUT2D eigenvalue weighted by Gasteiger charge is 2.32. The fourth-order valence-electron chi connectivity index (χ4n) is 2.74. The third kappa shape index (κ3) is 2.13. The van der Waals surface area contributed by atoms with Gasteiger partial charge in [-0.15, -0.1) is 0 Å². The summed E-state index contributed by atoms with van der Waals surface area (Å²) in [5.41, 5.74) is 9.77. The van der Waals surface area contributed by atoms with Gasteiger partial charge >= 0.3 is 0 Å². The molecule has 1 aliphatic heterocycles. The van der Waals surface area contributed by atoms with Gasteiger partial charge in [-0.05, 0) is 12.0 Å². The molecule has 2 unspecified atom stereocenters. The minimum atomic E-state index is -0.00128. The molecule has 0 amide bonds. The molecule has 0 aliphatic carbocycles. The maximum atomic E-state index is 6.30. The number of ether oxygens (including phenoxy) is 1. The zero-order valence-corrected chi connectivity index (χ0v) is 11.2. The third-order valence-electron chi connectivity index (χ3n) is 3.73. The Kier molecular flexibility index (Phi) is 3.26. The summed E-state index contributed by atoms with van der Waals surface area (Å²) in [5, 5.41) is 0. The first kappa shape index (κ1) is 12.2. The molecule has 1 heterocycles. The quantitative estimate of drug-likeness (QED) is 0.900. The van der Waals surface area contributed by atoms with Crippen molar-refractivity contribution in [2.45, 2.75) is 31.9 Å². The van der Waals surface area contributed by atoms with E-state index < -0.39 is 0 Å². The van der Waals surface area contributed by atoms with Crippen LogP contribution >= 0.6 is 0 Å². The zero-order chi connectivity index (χ0) is 13.2. The molecule has 2 aromatic rings. The topological polar surface area (TPSA) is 35.2 Å². The van der Waals surface area contributed by atoms with Gasteiger partial charge in [0.1, 0.15) is 11.9 Å². The Morgan fingerprint density at radius 2 is 1.84 bits per heavy atom. The van der Waals surface area contributed by atoms with Crippen LogP contribution in [-0.4, -0.2) is 6.10 Å². The Labute approximate surface area is 114 Å². The van der Waals surface area contributed by atoms with Crippen molar-refractivity contribution in [3.8, 4) is 16.9 Å². The van der Waals surface area contributed by atoms with Crippen LogP contribution in [0.1, 0.15) is 31.4 Å². The molecule has 0 fully saturated rings. The summed E-state index contributed by atoms with van der Waals surface area (Å²) in [6.07, 6.45) is 2.21. The third-order valence-corrected chi connectivity index (χ3v) is 3.73. The number of benzene rings is 2. The lowest BCUT2D eigenvalue weighted by atomic mass is 9.97. The van der Waals surface area contributed by atoms with Crippen molar-refractivity contribution in [2.24, 2.45) is 5.73 Å². The monoisotopic (exact) mass is 253 g/mol. The molecule has 0 saturated carbocycles. The molecule has 2 aromatic carbocycles. The van der Waals surface area contributed by atoms with Gasteiger partial charge in [0.05, 0.1) is 6.04 Å². The summed E-state index contributed by atoms with van der Waals surface area (Å²) in [4.78, 5) is 0. The maximum absolute atomic E-state index is 6.30. The molecule has 0 radical (unpaired) electrons. The molecule has 98 valence electrons. The molecule has 2 nitrogen and oxygen atoms in total. The average Bonchev–Trinajstić information content (AvgIpc) is 2.77. The zero-order valence-electron chi connectivity index (χ0n) is 11.2. The Morgan fingerprint density at radius 1 is 1.05 bits per heavy atom. The standard InChI is InChI=1S/C17H19NO/c1-2-7-15-16(18)14-11-6-10-13(17(14)19-15)12-8-4-3-5-9-12/h3-6,8-11,15-16H,2,7,18H2,1H3. The highest BCUT2D eigenvalue weighted by Crippen LogP contribution is 2.43. The summed E-state index contributed by atoms with van der Waals surface area (Å²) in [7, 11) is 0. The first-order valence-corrected chi connectivity index (χ1v) is 6.92. The molecule has 19 heavy (non-hydrogen) atoms. The van der Waals surface area contributed by atoms with E-state index in [2.05, 4.69) is 37.3 Å². The van der Waals surface area contributed by atoms with E-state index in [1.807, 2.05) is 18.2 Å². The predicted octanol–water partition coefficient (Wildman–Crippen LogP) is 3.91. The van der Waals surface area contributed by atoms with Crippen molar-refractivity contribution in [2.75, 3.05) is 0 Å². The van der Waals surface area contributed by atoms with Gasteiger partial charge in [0.15, 0.2) is 0 Å². The van der Waals surface area contributed by atoms with Crippen molar-refractivity contribution in [1.29, 1.82) is 0 Å². The number of para-hydroxylation sites is 1. The fourth-order valence-corrected chi connectivity index (χ4v) is 2.74. The van der Waals surface area contributed by atoms with E-state index in [4.69, 9.17) is 10.5 Å². The van der Waals surface area contributed by atoms with Crippen LogP contribution in [-0.2, 0) is 0 Å². The second-order valence-corrected chi connectivity index (χ2v) is 5.06. The molecular formula is C17H19NO. The van der Waals surface area contributed by atoms with Gasteiger partial charge in [-0.25, -0.2) is 0 Å². The smallest absolute Gasteiger partial charge is 0.132 e. The molecular weight excluding hydrogens is 234 g/mol. The SMILES string of the molecule is CCCC1Oc2c(-c3ccccc3)cccc2C1N. The minimum Gasteiger partial charge on any atom is -0.487 e. The Bertz CT molecular complexity index is 565. The van der Waals surface area contributed by atoms with E-state index in [9.17, 15) is 0 Å². The summed E-state index contributed by atoms with van der Waals surface area (Å²) < 4.78 is 6.12. The lowest BCUT2D eigenvalue weighted by Gasteiger charge is -2.14. The van der Waals surface area contributed by atoms with Crippen LogP contribution in [0, 0.1) is 0 Å². The molecule has 2 heteroatoms. The van der Waals surface area contributed by atoms with Crippen molar-refractivity contribution in [3.63, 3.8) is 0 Å². The van der Waals surface area contributed by atoms with Crippen LogP contribution in [0.4, 0.5) is 0 Å². The molecule has 0 saturated heterocycles. The molecule has 0 bridgehead atoms. The van der Waals surface area contributed by atoms with E-state index in [1.165, 1.54) is 5.56 Å². The average molecular weight is 253 g/mol. The lowest BCUT2D eigenvalue weighted by Crippen LogP contribution is -2.24. The summed E-state index contributed by atoms with van der Waals surface area (Å²) in [6, 6.07) is 16.6. The van der Waals surface area contributed by atoms with E-state index >= 15 is 0 Å². The number of fused-ring (bicyclic) bond motifs is 1. The maximum Gasteiger partial charge on any atom is 0.132 e. The number of hydrogen-bond donors (Lipinski definition) is 1. The molecule has 1 aliphatic rings. The second kappa shape index (κ2) is 5.06. The first-order valence-electron chi connectivity index (χ1n) is 6.92. The normalized spacial score (nSPS) is 20.9. The highest BCUT2D eigenvalue weighted by atomic mass is 16.5. The van der Waals surface area contributed by atoms with E-state index in [-0.39, 0.29) is 12.1 Å². The number of hydrogen-bond acceptors (Lipinski definition) is 2. The summed E-state index contributed by atoms with van der Waals surface area (Å²) in [6.45, 7) is 2.16. The summed E-state index contributed by atoms with van der Waals surface area (Å²) >= 11 is 0. The molecule has 2 N–H and O–H groups in total. The van der Waals surface area contributed by atoms with Crippen molar-refractivity contribution in [3.05, 3.63) is 54.1 Å². The lowest BCUT2D eigenvalue weighted by molar-refractivity contribution is 0.195. The molecule has 0 aromatic heterocycles. The Balaban J connectivity index is 2.03. The van der Waals surface area contributed by atoms with Crippen LogP contribution in [0.3, 0.4) is 0 Å². The Morgan fingerprint density at radius 3 is 2.58 bits per heavy atom. The summed E-state index contributed by atoms with van der Waals surface area (Å²) in [5.74, 6) is 0.972. The van der Waals surface area contributed by atoms with E-state index in [0.717, 1.165) is 29.7 Å². The van der Waals surface area contributed by atoms with Gasteiger partial charge in [0.2, 0.25) is 0 Å². The van der Waals surface area contributed by atoms with Gasteiger partial charge in [-0.3, -0.25) is 0 Å². The van der Waals surface area contributed by atoms with Gasteiger partial charge in [0.25, 0.3) is 0 Å². The van der Waals surface area contributed by atoms with Gasteiger partial charge in [0, 0.05) is 11.1 Å². The van der Waals surface area contributed by atoms with Crippen LogP contribution in [0.15, 0.2) is 48.5 Å². The molecule has 2 atom stereocenters. The predicted molar refractivity (Wildman–Crippen MR) is 78.1 cm³/mol. The largest absolute Gasteiger partial charge is 0.487 e. The number of rotatable bonds is 3. The van der Waals surface area contributed by atoms with Crippen molar-refractivity contribution >= 4 is 0 Å². The fraction of sp³-hybridized carbons (Fsp3) is 0.294. The molecule has 3 rings (SSSR count). The van der Waals surface area contributed by atoms with E-state index in [0.29, 0.717) is 0 Å². The van der Waals surface area contributed by atoms with Crippen LogP contribution in [0.2, 0.25) is 0 Å². The van der Waals surface area contributed by atoms with Crippen LogP contribution < -0.4 is 10.5 Å². The van der Waals surface area contributed by atoms with Crippen molar-refractivity contribution in [1.82, 2.24) is 0 Å². The van der Waals surface area contributed by atoms with Gasteiger partial charge in [-0.2, -0.15) is 0 Å². The number of nitrogens with two attached hydrogens (primary N) is 1. The van der Waals surface area contributed by atoms with Crippen molar-refractivity contribution < 1.29 is 4.74 Å². The minimum absolute atomic E-state index is 0.00128. The second-order valence-electron chi connectivity index (χ2n) is 5.06. The Hall–Kier alpha value is -1.80. The van der Waals surface area contributed by atoms with Crippen LogP contribution in [0.5, 0.6) is 5.75 Å². The van der Waals surface area contributed by atoms with Gasteiger partial charge in [-0.1, -0.05) is 61.9 Å². The van der Waals surface area contributed by atoms with Gasteiger partial charge < -0.3 is 10.5 Å². The van der Waals surface area contributed by atoms with Crippen LogP contribution in [0.25, 0.3) is 11.1 Å². The first-order chi connectivity index (χ1) is 9.31. The molecule has 0 spiro atoms. The van der Waals surface area contributed by atoms with E-state index in [1.54, 1.807) is 0 Å².